The molecule has 0 aromatic rings. The minimum absolute atomic E-state index is 0. The molecule has 1 rings (SSSR count). The van der Waals surface area contributed by atoms with E-state index in [-0.39, 0.29) is 46.0 Å². The van der Waals surface area contributed by atoms with Crippen LogP contribution in [0.25, 0.3) is 0 Å². The molecule has 12 heteroatoms. The summed E-state index contributed by atoms with van der Waals surface area (Å²) in [5, 5.41) is 2.24. The SMILES string of the molecule is CCOC(=O)/C=C(\C)C1C(NC(=O)OC(C)(C)C)C(=O)N1S(=O)(=O)O.[NaH]. The van der Waals surface area contributed by atoms with Crippen LogP contribution in [0.15, 0.2) is 11.6 Å². The molecule has 0 bridgehead atoms. The molecular formula is C14H23N2NaO8S. The number of hydrogen-bond donors (Lipinski definition) is 2. The standard InChI is InChI=1S/C14H22N2O8S.Na.H/c1-6-23-9(17)7-8(2)11-10(12(18)16(11)25(20,21)22)15-13(19)24-14(3,4)5;;/h7,10-11H,6H2,1-5H3,(H,15,19)(H,20,21,22);;/b8-7+;;. The number of esters is 1. The summed E-state index contributed by atoms with van der Waals surface area (Å²) in [4.78, 5) is 35.4. The van der Waals surface area contributed by atoms with E-state index in [4.69, 9.17) is 9.47 Å². The number of carbonyl (C=O) groups is 3. The second-order valence-corrected chi connectivity index (χ2v) is 7.61. The van der Waals surface area contributed by atoms with Crippen molar-refractivity contribution < 1.29 is 36.8 Å². The number of carbonyl (C=O) groups excluding carboxylic acids is 3. The van der Waals surface area contributed by atoms with Gasteiger partial charge in [0.1, 0.15) is 17.7 Å². The zero-order valence-electron chi connectivity index (χ0n) is 14.6. The van der Waals surface area contributed by atoms with Crippen LogP contribution in [-0.4, -0.2) is 89.1 Å². The third-order valence-electron chi connectivity index (χ3n) is 3.07. The van der Waals surface area contributed by atoms with E-state index in [2.05, 4.69) is 5.32 Å². The summed E-state index contributed by atoms with van der Waals surface area (Å²) in [5.74, 6) is -1.79. The molecule has 26 heavy (non-hydrogen) atoms. The van der Waals surface area contributed by atoms with Crippen LogP contribution >= 0.6 is 0 Å². The first kappa shape index (κ1) is 24.9. The summed E-state index contributed by atoms with van der Waals surface area (Å²) in [7, 11) is -4.86. The van der Waals surface area contributed by atoms with Gasteiger partial charge in [-0.1, -0.05) is 0 Å². The molecule has 2 N–H and O–H groups in total. The van der Waals surface area contributed by atoms with E-state index >= 15 is 0 Å². The van der Waals surface area contributed by atoms with Crippen LogP contribution < -0.4 is 5.32 Å². The summed E-state index contributed by atoms with van der Waals surface area (Å²) in [6, 6.07) is -2.57. The number of alkyl carbamates (subject to hydrolysis) is 1. The normalized spacial score (nSPS) is 20.6. The molecule has 0 aliphatic carbocycles. The first-order valence-electron chi connectivity index (χ1n) is 7.43. The summed E-state index contributed by atoms with van der Waals surface area (Å²) in [6.45, 7) is 7.91. The van der Waals surface area contributed by atoms with Crippen LogP contribution in [-0.2, 0) is 29.4 Å². The molecule has 2 atom stereocenters. The first-order valence-corrected chi connectivity index (χ1v) is 8.82. The van der Waals surface area contributed by atoms with Crippen molar-refractivity contribution in [1.29, 1.82) is 0 Å². The van der Waals surface area contributed by atoms with Crippen molar-refractivity contribution in [2.24, 2.45) is 0 Å². The molecule has 144 valence electrons. The Labute approximate surface area is 174 Å². The van der Waals surface area contributed by atoms with Crippen molar-refractivity contribution in [3.8, 4) is 0 Å². The third kappa shape index (κ3) is 6.54. The van der Waals surface area contributed by atoms with Gasteiger partial charge in [0.15, 0.2) is 0 Å². The van der Waals surface area contributed by atoms with Gasteiger partial charge in [-0.05, 0) is 40.2 Å². The molecular weight excluding hydrogens is 379 g/mol. The molecule has 0 radical (unpaired) electrons. The van der Waals surface area contributed by atoms with Gasteiger partial charge in [0, 0.05) is 6.08 Å². The van der Waals surface area contributed by atoms with Crippen molar-refractivity contribution in [3.63, 3.8) is 0 Å². The molecule has 0 spiro atoms. The maximum absolute atomic E-state index is 12.0. The fraction of sp³-hybridized carbons (Fsp3) is 0.643. The van der Waals surface area contributed by atoms with Gasteiger partial charge >= 0.3 is 51.9 Å². The van der Waals surface area contributed by atoms with Gasteiger partial charge in [-0.15, -0.1) is 0 Å². The second kappa shape index (κ2) is 9.18. The molecule has 1 aliphatic heterocycles. The van der Waals surface area contributed by atoms with Crippen LogP contribution in [0, 0.1) is 0 Å². The van der Waals surface area contributed by atoms with Gasteiger partial charge in [0.25, 0.3) is 5.91 Å². The van der Waals surface area contributed by atoms with Gasteiger partial charge in [-0.2, -0.15) is 8.42 Å². The van der Waals surface area contributed by atoms with E-state index in [1.165, 1.54) is 6.92 Å². The Morgan fingerprint density at radius 2 is 1.88 bits per heavy atom. The first-order chi connectivity index (χ1) is 11.3. The Balaban J connectivity index is 0.00000625. The summed E-state index contributed by atoms with van der Waals surface area (Å²) >= 11 is 0. The third-order valence-corrected chi connectivity index (χ3v) is 3.98. The topological polar surface area (TPSA) is 139 Å². The second-order valence-electron chi connectivity index (χ2n) is 6.32. The van der Waals surface area contributed by atoms with Gasteiger partial charge in [0.2, 0.25) is 0 Å². The zero-order chi connectivity index (χ0) is 19.6. The number of nitrogens with zero attached hydrogens (tertiary/aromatic N) is 1. The Hall–Kier alpha value is -1.14. The number of amides is 2. The summed E-state index contributed by atoms with van der Waals surface area (Å²) in [6.07, 6.45) is 0.0533. The quantitative estimate of drug-likeness (QED) is 0.211. The minimum atomic E-state index is -4.86. The van der Waals surface area contributed by atoms with E-state index in [1.807, 2.05) is 0 Å². The summed E-state index contributed by atoms with van der Waals surface area (Å²) in [5.41, 5.74) is -0.720. The number of hydrogen-bond acceptors (Lipinski definition) is 7. The Morgan fingerprint density at radius 1 is 1.35 bits per heavy atom. The fourth-order valence-corrected chi connectivity index (χ4v) is 3.11. The average Bonchev–Trinajstić information content (AvgIpc) is 2.38. The van der Waals surface area contributed by atoms with Gasteiger partial charge in [-0.3, -0.25) is 9.35 Å². The number of ether oxygens (including phenoxy) is 2. The molecule has 0 saturated carbocycles. The van der Waals surface area contributed by atoms with Crippen molar-refractivity contribution in [3.05, 3.63) is 11.6 Å². The van der Waals surface area contributed by atoms with Crippen molar-refractivity contribution >= 4 is 57.8 Å². The molecule has 1 aliphatic rings. The van der Waals surface area contributed by atoms with Crippen LogP contribution in [0.5, 0.6) is 0 Å². The van der Waals surface area contributed by atoms with Gasteiger partial charge in [0.05, 0.1) is 6.61 Å². The number of rotatable bonds is 5. The molecule has 0 aromatic carbocycles. The van der Waals surface area contributed by atoms with Gasteiger partial charge in [-0.25, -0.2) is 13.9 Å². The Bertz CT molecular complexity index is 698. The molecule has 1 fully saturated rings. The number of β-lactam (4-membered cyclic amide) rings is 1. The van der Waals surface area contributed by atoms with Crippen molar-refractivity contribution in [1.82, 2.24) is 9.62 Å². The van der Waals surface area contributed by atoms with E-state index < -0.39 is 46.0 Å². The average molecular weight is 402 g/mol. The monoisotopic (exact) mass is 402 g/mol. The Kier molecular flexibility index (Phi) is 8.77. The zero-order valence-corrected chi connectivity index (χ0v) is 15.4. The molecule has 2 amide bonds. The molecule has 0 aromatic heterocycles. The van der Waals surface area contributed by atoms with Gasteiger partial charge < -0.3 is 14.8 Å². The predicted octanol–water partition coefficient (Wildman–Crippen LogP) is -0.246. The van der Waals surface area contributed by atoms with E-state index in [9.17, 15) is 27.4 Å². The molecule has 2 unspecified atom stereocenters. The van der Waals surface area contributed by atoms with E-state index in [0.717, 1.165) is 6.08 Å². The van der Waals surface area contributed by atoms with Crippen molar-refractivity contribution in [2.75, 3.05) is 6.61 Å². The molecule has 1 saturated heterocycles. The van der Waals surface area contributed by atoms with Crippen LogP contribution in [0.3, 0.4) is 0 Å². The maximum atomic E-state index is 12.0. The Morgan fingerprint density at radius 3 is 2.31 bits per heavy atom. The predicted molar refractivity (Wildman–Crippen MR) is 92.9 cm³/mol. The van der Waals surface area contributed by atoms with Crippen LogP contribution in [0.2, 0.25) is 0 Å². The fourth-order valence-electron chi connectivity index (χ4n) is 2.20. The molecule has 10 nitrogen and oxygen atoms in total. The van der Waals surface area contributed by atoms with Crippen LogP contribution in [0.1, 0.15) is 34.6 Å². The van der Waals surface area contributed by atoms with E-state index in [1.54, 1.807) is 27.7 Å². The van der Waals surface area contributed by atoms with E-state index in [0.29, 0.717) is 0 Å². The van der Waals surface area contributed by atoms with Crippen LogP contribution in [0.4, 0.5) is 4.79 Å². The summed E-state index contributed by atoms with van der Waals surface area (Å²) < 4.78 is 41.9. The van der Waals surface area contributed by atoms with Crippen molar-refractivity contribution in [2.45, 2.75) is 52.3 Å². The molecule has 1 heterocycles. The number of nitrogens with one attached hydrogen (secondary N) is 1.